The van der Waals surface area contributed by atoms with Crippen molar-refractivity contribution in [3.63, 3.8) is 0 Å². The average molecular weight is 547 g/mol. The number of aromatic nitrogens is 5. The van der Waals surface area contributed by atoms with Gasteiger partial charge < -0.3 is 4.74 Å². The second kappa shape index (κ2) is 10.4. The Kier molecular flexibility index (Phi) is 7.56. The Morgan fingerprint density at radius 2 is 1.86 bits per heavy atom. The lowest BCUT2D eigenvalue weighted by Gasteiger charge is -2.21. The summed E-state index contributed by atoms with van der Waals surface area (Å²) in [5, 5.41) is 12.4. The molecule has 12 heteroatoms. The van der Waals surface area contributed by atoms with Crippen molar-refractivity contribution in [2.75, 3.05) is 12.4 Å². The van der Waals surface area contributed by atoms with Crippen molar-refractivity contribution < 1.29 is 9.53 Å². The first-order chi connectivity index (χ1) is 16.7. The minimum absolute atomic E-state index is 0.283. The van der Waals surface area contributed by atoms with E-state index in [4.69, 9.17) is 27.9 Å². The van der Waals surface area contributed by atoms with Gasteiger partial charge in [0, 0.05) is 29.2 Å². The molecule has 0 aliphatic carbocycles. The highest BCUT2D eigenvalue weighted by Crippen LogP contribution is 2.42. The maximum Gasteiger partial charge on any atom is 0.259 e. The predicted molar refractivity (Wildman–Crippen MR) is 140 cm³/mol. The van der Waals surface area contributed by atoms with E-state index in [-0.39, 0.29) is 15.8 Å². The summed E-state index contributed by atoms with van der Waals surface area (Å²) in [5.74, 6) is 0.107. The van der Waals surface area contributed by atoms with Crippen molar-refractivity contribution in [3.05, 3.63) is 70.0 Å². The molecule has 4 rings (SSSR count). The van der Waals surface area contributed by atoms with Crippen LogP contribution in [0.4, 0.5) is 5.13 Å². The van der Waals surface area contributed by atoms with Gasteiger partial charge in [0.15, 0.2) is 4.34 Å². The predicted octanol–water partition coefficient (Wildman–Crippen LogP) is 6.29. The standard InChI is InChI=1S/C23H20Cl2N6O2S2/c1-12-7-14(15-8-19(25)28-11-17(15)33-4)16(10-26-12)20(32)29-21-30-31-22(34-21)35-23(2,3)18-6-5-13(24)9-27-18/h5-11H,1-4H3,(H,29,30,32). The van der Waals surface area contributed by atoms with Crippen LogP contribution in [0.1, 0.15) is 35.6 Å². The molecule has 4 aromatic rings. The molecule has 1 amide bonds. The fraction of sp³-hybridized carbons (Fsp3) is 0.217. The van der Waals surface area contributed by atoms with E-state index in [9.17, 15) is 4.79 Å². The number of hydrogen-bond acceptors (Lipinski definition) is 9. The first-order valence-electron chi connectivity index (χ1n) is 10.3. The summed E-state index contributed by atoms with van der Waals surface area (Å²) in [5.41, 5.74) is 3.18. The Morgan fingerprint density at radius 1 is 1.06 bits per heavy atom. The van der Waals surface area contributed by atoms with Crippen molar-refractivity contribution in [2.45, 2.75) is 29.9 Å². The molecule has 0 atom stereocenters. The van der Waals surface area contributed by atoms with E-state index in [2.05, 4.69) is 30.5 Å². The zero-order chi connectivity index (χ0) is 25.2. The van der Waals surface area contributed by atoms with Gasteiger partial charge in [-0.05, 0) is 45.0 Å². The molecule has 0 unspecified atom stereocenters. The number of hydrogen-bond donors (Lipinski definition) is 1. The van der Waals surface area contributed by atoms with Gasteiger partial charge in [0.2, 0.25) is 5.13 Å². The second-order valence-corrected chi connectivity index (χ2v) is 11.6. The van der Waals surface area contributed by atoms with Crippen molar-refractivity contribution >= 4 is 57.3 Å². The van der Waals surface area contributed by atoms with E-state index >= 15 is 0 Å². The third-order valence-electron chi connectivity index (χ3n) is 4.94. The Bertz CT molecular complexity index is 1380. The van der Waals surface area contributed by atoms with Crippen molar-refractivity contribution in [1.82, 2.24) is 25.1 Å². The van der Waals surface area contributed by atoms with E-state index in [1.54, 1.807) is 24.4 Å². The monoisotopic (exact) mass is 546 g/mol. The van der Waals surface area contributed by atoms with Gasteiger partial charge >= 0.3 is 0 Å². The molecular formula is C23H20Cl2N6O2S2. The van der Waals surface area contributed by atoms with Crippen LogP contribution in [0.5, 0.6) is 5.75 Å². The van der Waals surface area contributed by atoms with Crippen molar-refractivity contribution in [3.8, 4) is 16.9 Å². The van der Waals surface area contributed by atoms with Crippen LogP contribution in [0.25, 0.3) is 11.1 Å². The average Bonchev–Trinajstić information content (AvgIpc) is 3.25. The largest absolute Gasteiger partial charge is 0.494 e. The highest BCUT2D eigenvalue weighted by Gasteiger charge is 2.26. The number of methoxy groups -OCH3 is 1. The topological polar surface area (TPSA) is 103 Å². The molecule has 0 saturated carbocycles. The van der Waals surface area contributed by atoms with Gasteiger partial charge in [0.25, 0.3) is 5.91 Å². The van der Waals surface area contributed by atoms with Gasteiger partial charge in [-0.15, -0.1) is 10.2 Å². The number of nitrogens with zero attached hydrogens (tertiary/aromatic N) is 5. The molecule has 0 aromatic carbocycles. The lowest BCUT2D eigenvalue weighted by molar-refractivity contribution is 0.102. The lowest BCUT2D eigenvalue weighted by Crippen LogP contribution is -2.14. The fourth-order valence-electron chi connectivity index (χ4n) is 3.22. The van der Waals surface area contributed by atoms with E-state index in [1.807, 2.05) is 26.8 Å². The molecule has 0 fully saturated rings. The van der Waals surface area contributed by atoms with Gasteiger partial charge in [-0.25, -0.2) is 4.98 Å². The Balaban J connectivity index is 1.57. The molecule has 0 bridgehead atoms. The molecule has 35 heavy (non-hydrogen) atoms. The number of thioether (sulfide) groups is 1. The van der Waals surface area contributed by atoms with Crippen molar-refractivity contribution in [2.24, 2.45) is 0 Å². The molecule has 8 nitrogen and oxygen atoms in total. The van der Waals surface area contributed by atoms with E-state index in [1.165, 1.54) is 42.6 Å². The number of pyridine rings is 3. The molecular weight excluding hydrogens is 527 g/mol. The van der Waals surface area contributed by atoms with Crippen LogP contribution in [0.3, 0.4) is 0 Å². The van der Waals surface area contributed by atoms with Crippen LogP contribution in [0, 0.1) is 6.92 Å². The highest BCUT2D eigenvalue weighted by molar-refractivity contribution is 8.01. The number of anilines is 1. The van der Waals surface area contributed by atoms with E-state index in [0.29, 0.717) is 36.9 Å². The number of nitrogens with one attached hydrogen (secondary N) is 1. The van der Waals surface area contributed by atoms with Crippen LogP contribution in [-0.2, 0) is 4.75 Å². The maximum absolute atomic E-state index is 13.2. The smallest absolute Gasteiger partial charge is 0.259 e. The maximum atomic E-state index is 13.2. The van der Waals surface area contributed by atoms with E-state index < -0.39 is 0 Å². The zero-order valence-electron chi connectivity index (χ0n) is 19.2. The van der Waals surface area contributed by atoms with Gasteiger partial charge in [0.05, 0.1) is 34.3 Å². The lowest BCUT2D eigenvalue weighted by atomic mass is 10.0. The van der Waals surface area contributed by atoms with Gasteiger partial charge in [-0.3, -0.25) is 20.1 Å². The molecule has 1 N–H and O–H groups in total. The normalized spacial score (nSPS) is 11.4. The number of aryl methyl sites for hydroxylation is 1. The van der Waals surface area contributed by atoms with Gasteiger partial charge in [-0.2, -0.15) is 0 Å². The minimum Gasteiger partial charge on any atom is -0.494 e. The first-order valence-corrected chi connectivity index (χ1v) is 12.7. The summed E-state index contributed by atoms with van der Waals surface area (Å²) in [6.07, 6.45) is 4.64. The molecule has 4 heterocycles. The molecule has 0 saturated heterocycles. The number of ether oxygens (including phenoxy) is 1. The number of carbonyl (C=O) groups excluding carboxylic acids is 1. The van der Waals surface area contributed by atoms with Crippen LogP contribution in [0.15, 0.2) is 47.2 Å². The molecule has 0 radical (unpaired) electrons. The Morgan fingerprint density at radius 3 is 2.57 bits per heavy atom. The third kappa shape index (κ3) is 5.90. The van der Waals surface area contributed by atoms with Crippen LogP contribution >= 0.6 is 46.3 Å². The molecule has 4 aromatic heterocycles. The SMILES string of the molecule is COc1cnc(Cl)cc1-c1cc(C)ncc1C(=O)Nc1nnc(SC(C)(C)c2ccc(Cl)cn2)s1. The third-order valence-corrected chi connectivity index (χ3v) is 7.48. The number of rotatable bonds is 7. The number of halogens is 2. The Labute approximate surface area is 220 Å². The number of carbonyl (C=O) groups is 1. The van der Waals surface area contributed by atoms with Crippen LogP contribution in [0.2, 0.25) is 10.2 Å². The fourth-order valence-corrected chi connectivity index (χ4v) is 5.74. The molecule has 0 spiro atoms. The highest BCUT2D eigenvalue weighted by atomic mass is 35.5. The summed E-state index contributed by atoms with van der Waals surface area (Å²) in [7, 11) is 1.53. The van der Waals surface area contributed by atoms with Crippen LogP contribution < -0.4 is 10.1 Å². The molecule has 0 aliphatic heterocycles. The quantitative estimate of drug-likeness (QED) is 0.164. The van der Waals surface area contributed by atoms with Crippen molar-refractivity contribution in [1.29, 1.82) is 0 Å². The summed E-state index contributed by atoms with van der Waals surface area (Å²) < 4.78 is 5.74. The molecule has 180 valence electrons. The van der Waals surface area contributed by atoms with Crippen LogP contribution in [-0.4, -0.2) is 38.2 Å². The first kappa shape index (κ1) is 25.3. The summed E-state index contributed by atoms with van der Waals surface area (Å²) in [6, 6.07) is 7.13. The van der Waals surface area contributed by atoms with Gasteiger partial charge in [0.1, 0.15) is 10.9 Å². The summed E-state index contributed by atoms with van der Waals surface area (Å²) in [6.45, 7) is 5.90. The summed E-state index contributed by atoms with van der Waals surface area (Å²) in [4.78, 5) is 26.0. The molecule has 0 aliphatic rings. The zero-order valence-corrected chi connectivity index (χ0v) is 22.3. The minimum atomic E-state index is -0.381. The summed E-state index contributed by atoms with van der Waals surface area (Å²) >= 11 is 14.8. The second-order valence-electron chi connectivity index (χ2n) is 7.88. The Hall–Kier alpha value is -2.79. The van der Waals surface area contributed by atoms with E-state index in [0.717, 1.165) is 11.4 Å². The number of amides is 1. The van der Waals surface area contributed by atoms with Gasteiger partial charge in [-0.1, -0.05) is 46.3 Å².